The highest BCUT2D eigenvalue weighted by atomic mass is 35.5. The first-order valence-electron chi connectivity index (χ1n) is 5.64. The topological polar surface area (TPSA) is 38.7 Å². The summed E-state index contributed by atoms with van der Waals surface area (Å²) in [5.74, 6) is 0.482. The van der Waals surface area contributed by atoms with Crippen LogP contribution in [0, 0.1) is 0 Å². The van der Waals surface area contributed by atoms with Crippen LogP contribution in [-0.2, 0) is 4.74 Å². The molecule has 1 aromatic carbocycles. The lowest BCUT2D eigenvalue weighted by molar-refractivity contribution is -0.0784. The summed E-state index contributed by atoms with van der Waals surface area (Å²) in [5.41, 5.74) is 0.463. The summed E-state index contributed by atoms with van der Waals surface area (Å²) in [4.78, 5) is 0. The number of halogens is 2. The number of hydrogen-bond donors (Lipinski definition) is 1. The molecular weight excluding hydrogens is 287 g/mol. The SMILES string of the molecule is C=C/C(Cl)=C\C(C)Oc1ccc(Cl)cc1C(O)OC. The number of allylic oxidation sites excluding steroid dienone is 2. The molecule has 0 spiro atoms. The van der Waals surface area contributed by atoms with Crippen molar-refractivity contribution in [3.05, 3.63) is 52.5 Å². The van der Waals surface area contributed by atoms with Crippen molar-refractivity contribution < 1.29 is 14.6 Å². The lowest BCUT2D eigenvalue weighted by Gasteiger charge is -2.18. The molecule has 1 rings (SSSR count). The van der Waals surface area contributed by atoms with E-state index in [0.717, 1.165) is 0 Å². The van der Waals surface area contributed by atoms with Gasteiger partial charge in [0, 0.05) is 17.2 Å². The van der Waals surface area contributed by atoms with Gasteiger partial charge in [-0.05, 0) is 31.2 Å². The van der Waals surface area contributed by atoms with Gasteiger partial charge in [0.15, 0.2) is 6.29 Å². The zero-order valence-electron chi connectivity index (χ0n) is 10.8. The molecule has 2 unspecified atom stereocenters. The monoisotopic (exact) mass is 302 g/mol. The fourth-order valence-corrected chi connectivity index (χ4v) is 1.83. The van der Waals surface area contributed by atoms with Crippen molar-refractivity contribution >= 4 is 23.2 Å². The fraction of sp³-hybridized carbons (Fsp3) is 0.286. The molecule has 104 valence electrons. The Morgan fingerprint density at radius 2 is 2.16 bits per heavy atom. The van der Waals surface area contributed by atoms with Gasteiger partial charge < -0.3 is 14.6 Å². The van der Waals surface area contributed by atoms with E-state index in [-0.39, 0.29) is 6.10 Å². The number of aliphatic hydroxyl groups is 1. The van der Waals surface area contributed by atoms with Gasteiger partial charge in [-0.2, -0.15) is 0 Å². The van der Waals surface area contributed by atoms with Crippen molar-refractivity contribution in [2.24, 2.45) is 0 Å². The van der Waals surface area contributed by atoms with Crippen molar-refractivity contribution in [1.82, 2.24) is 0 Å². The van der Waals surface area contributed by atoms with Gasteiger partial charge in [-0.3, -0.25) is 0 Å². The molecule has 0 fully saturated rings. The van der Waals surface area contributed by atoms with Crippen LogP contribution in [0.15, 0.2) is 42.0 Å². The average Bonchev–Trinajstić information content (AvgIpc) is 2.39. The highest BCUT2D eigenvalue weighted by molar-refractivity contribution is 6.31. The first kappa shape index (κ1) is 16.1. The molecule has 0 saturated carbocycles. The predicted molar refractivity (Wildman–Crippen MR) is 77.6 cm³/mol. The van der Waals surface area contributed by atoms with Crippen molar-refractivity contribution in [2.45, 2.75) is 19.3 Å². The van der Waals surface area contributed by atoms with Gasteiger partial charge in [-0.1, -0.05) is 35.9 Å². The normalized spacial score (nSPS) is 14.9. The highest BCUT2D eigenvalue weighted by Crippen LogP contribution is 2.29. The molecule has 1 N–H and O–H groups in total. The van der Waals surface area contributed by atoms with E-state index in [2.05, 4.69) is 6.58 Å². The quantitative estimate of drug-likeness (QED) is 0.636. The van der Waals surface area contributed by atoms with Crippen LogP contribution in [0.2, 0.25) is 5.02 Å². The molecule has 0 aliphatic rings. The zero-order valence-corrected chi connectivity index (χ0v) is 12.3. The van der Waals surface area contributed by atoms with Crippen molar-refractivity contribution in [3.63, 3.8) is 0 Å². The fourth-order valence-electron chi connectivity index (χ4n) is 1.47. The van der Waals surface area contributed by atoms with E-state index in [4.69, 9.17) is 32.7 Å². The molecule has 3 nitrogen and oxygen atoms in total. The molecule has 0 amide bonds. The van der Waals surface area contributed by atoms with E-state index in [1.54, 1.807) is 24.3 Å². The lowest BCUT2D eigenvalue weighted by Crippen LogP contribution is -2.12. The number of rotatable bonds is 6. The molecule has 0 bridgehead atoms. The summed E-state index contributed by atoms with van der Waals surface area (Å²) in [7, 11) is 1.40. The summed E-state index contributed by atoms with van der Waals surface area (Å²) >= 11 is 11.7. The van der Waals surface area contributed by atoms with E-state index >= 15 is 0 Å². The van der Waals surface area contributed by atoms with Crippen LogP contribution in [0.25, 0.3) is 0 Å². The number of aliphatic hydroxyl groups excluding tert-OH is 1. The molecule has 1 aromatic rings. The molecule has 5 heteroatoms. The second-order valence-electron chi connectivity index (χ2n) is 3.85. The van der Waals surface area contributed by atoms with Crippen LogP contribution in [0.5, 0.6) is 5.75 Å². The third kappa shape index (κ3) is 4.88. The molecule has 0 saturated heterocycles. The summed E-state index contributed by atoms with van der Waals surface area (Å²) in [5, 5.41) is 10.7. The molecule has 0 aromatic heterocycles. The largest absolute Gasteiger partial charge is 0.486 e. The van der Waals surface area contributed by atoms with Crippen molar-refractivity contribution in [3.8, 4) is 5.75 Å². The molecule has 0 heterocycles. The maximum Gasteiger partial charge on any atom is 0.184 e. The zero-order chi connectivity index (χ0) is 14.4. The van der Waals surface area contributed by atoms with Gasteiger partial charge in [0.1, 0.15) is 11.9 Å². The molecule has 19 heavy (non-hydrogen) atoms. The van der Waals surface area contributed by atoms with Crippen molar-refractivity contribution in [1.29, 1.82) is 0 Å². The number of methoxy groups -OCH3 is 1. The third-order valence-corrected chi connectivity index (χ3v) is 2.88. The number of ether oxygens (including phenoxy) is 2. The van der Waals surface area contributed by atoms with Crippen LogP contribution in [0.3, 0.4) is 0 Å². The molecule has 0 aliphatic carbocycles. The highest BCUT2D eigenvalue weighted by Gasteiger charge is 2.15. The average molecular weight is 303 g/mol. The van der Waals surface area contributed by atoms with Crippen LogP contribution in [0.4, 0.5) is 0 Å². The summed E-state index contributed by atoms with van der Waals surface area (Å²) in [6.45, 7) is 5.38. The van der Waals surface area contributed by atoms with Gasteiger partial charge in [-0.15, -0.1) is 0 Å². The Hall–Kier alpha value is -1.00. The summed E-state index contributed by atoms with van der Waals surface area (Å²) < 4.78 is 10.6. The van der Waals surface area contributed by atoms with Crippen LogP contribution in [-0.4, -0.2) is 18.3 Å². The number of benzene rings is 1. The van der Waals surface area contributed by atoms with Crippen LogP contribution in [0.1, 0.15) is 18.8 Å². The Balaban J connectivity index is 2.97. The third-order valence-electron chi connectivity index (χ3n) is 2.36. The summed E-state index contributed by atoms with van der Waals surface area (Å²) in [6.07, 6.45) is 1.84. The standard InChI is InChI=1S/C14H16Cl2O3/c1-4-10(15)7-9(2)19-13-6-5-11(16)8-12(13)14(17)18-3/h4-9,14,17H,1H2,2-3H3/b10-7+. The van der Waals surface area contributed by atoms with E-state index < -0.39 is 6.29 Å². The van der Waals surface area contributed by atoms with Crippen molar-refractivity contribution in [2.75, 3.05) is 7.11 Å². The first-order chi connectivity index (χ1) is 8.97. The predicted octanol–water partition coefficient (Wildman–Crippen LogP) is 4.05. The van der Waals surface area contributed by atoms with Gasteiger partial charge in [0.25, 0.3) is 0 Å². The van der Waals surface area contributed by atoms with Gasteiger partial charge >= 0.3 is 0 Å². The minimum Gasteiger partial charge on any atom is -0.486 e. The summed E-state index contributed by atoms with van der Waals surface area (Å²) in [6, 6.07) is 4.94. The van der Waals surface area contributed by atoms with Gasteiger partial charge in [0.2, 0.25) is 0 Å². The van der Waals surface area contributed by atoms with Crippen LogP contribution >= 0.6 is 23.2 Å². The number of hydrogen-bond acceptors (Lipinski definition) is 3. The van der Waals surface area contributed by atoms with E-state index in [0.29, 0.717) is 21.4 Å². The Morgan fingerprint density at radius 3 is 2.74 bits per heavy atom. The van der Waals surface area contributed by atoms with E-state index in [9.17, 15) is 5.11 Å². The van der Waals surface area contributed by atoms with E-state index in [1.165, 1.54) is 13.2 Å². The Morgan fingerprint density at radius 1 is 1.47 bits per heavy atom. The maximum atomic E-state index is 9.76. The Kier molecular flexibility index (Phi) is 6.38. The Bertz CT molecular complexity index is 472. The first-order valence-corrected chi connectivity index (χ1v) is 6.40. The minimum absolute atomic E-state index is 0.283. The smallest absolute Gasteiger partial charge is 0.184 e. The second-order valence-corrected chi connectivity index (χ2v) is 4.72. The van der Waals surface area contributed by atoms with Gasteiger partial charge in [0.05, 0.1) is 5.56 Å². The Labute approximate surface area is 123 Å². The second kappa shape index (κ2) is 7.56. The lowest BCUT2D eigenvalue weighted by atomic mass is 10.2. The molecule has 0 aliphatic heterocycles. The van der Waals surface area contributed by atoms with E-state index in [1.807, 2.05) is 6.92 Å². The molecule has 2 atom stereocenters. The van der Waals surface area contributed by atoms with Crippen LogP contribution < -0.4 is 4.74 Å². The molecule has 0 radical (unpaired) electrons. The minimum atomic E-state index is -1.10. The van der Waals surface area contributed by atoms with Gasteiger partial charge in [-0.25, -0.2) is 0 Å². The molecular formula is C14H16Cl2O3. The maximum absolute atomic E-state index is 9.76.